The van der Waals surface area contributed by atoms with Gasteiger partial charge in [0.25, 0.3) is 0 Å². The number of ether oxygens (including phenoxy) is 2. The number of para-hydroxylation sites is 1. The molecule has 0 saturated heterocycles. The number of halogens is 3. The Morgan fingerprint density at radius 3 is 2.47 bits per heavy atom. The molecule has 2 aromatic rings. The van der Waals surface area contributed by atoms with Gasteiger partial charge in [-0.1, -0.05) is 31.2 Å². The van der Waals surface area contributed by atoms with Gasteiger partial charge in [-0.25, -0.2) is 4.57 Å². The Labute approximate surface area is 218 Å². The first kappa shape index (κ1) is 29.9. The van der Waals surface area contributed by atoms with Gasteiger partial charge in [-0.3, -0.25) is 4.52 Å². The smallest absolute Gasteiger partial charge is 0.469 e. The topological polar surface area (TPSA) is 131 Å². The maximum Gasteiger partial charge on any atom is 0.469 e. The molecule has 2 aromatic carbocycles. The minimum Gasteiger partial charge on any atom is -0.489 e. The van der Waals surface area contributed by atoms with E-state index in [1.165, 1.54) is 12.1 Å². The van der Waals surface area contributed by atoms with Gasteiger partial charge < -0.3 is 30.1 Å². The molecule has 1 aliphatic carbocycles. The first-order valence-electron chi connectivity index (χ1n) is 11.8. The Hall–Kier alpha value is -2.66. The molecule has 2 atom stereocenters. The molecule has 1 aliphatic rings. The van der Waals surface area contributed by atoms with Crippen LogP contribution in [0, 0.1) is 5.92 Å². The Morgan fingerprint density at radius 1 is 1.13 bits per heavy atom. The molecule has 0 fully saturated rings. The van der Waals surface area contributed by atoms with Gasteiger partial charge in [-0.2, -0.15) is 13.2 Å². The Morgan fingerprint density at radius 2 is 1.84 bits per heavy atom. The molecule has 208 valence electrons. The molecule has 3 rings (SSSR count). The molecule has 0 aliphatic heterocycles. The Kier molecular flexibility index (Phi) is 9.80. The standard InChI is InChI=1S/C26H31F3NO7P/c1-18-7-9-22(37-21-5-3-2-4-6-21)14-20(18)15-35-24-10-8-19(13-23(24)26(27,28)29)11-12-25(30,16-31)17-36-38(32,33)34/h2-6,8-10,13-14,18,31H,7,11-12,15-17,30H2,1H3,(H2,32,33,34). The lowest BCUT2D eigenvalue weighted by Crippen LogP contribution is -2.48. The van der Waals surface area contributed by atoms with E-state index in [2.05, 4.69) is 4.52 Å². The number of alkyl halides is 3. The second-order valence-corrected chi connectivity index (χ2v) is 10.5. The Balaban J connectivity index is 1.71. The van der Waals surface area contributed by atoms with Crippen molar-refractivity contribution in [3.63, 3.8) is 0 Å². The molecule has 12 heteroatoms. The third kappa shape index (κ3) is 8.97. The lowest BCUT2D eigenvalue weighted by atomic mass is 9.93. The number of aryl methyl sites for hydroxylation is 1. The number of benzene rings is 2. The molecule has 0 bridgehead atoms. The summed E-state index contributed by atoms with van der Waals surface area (Å²) in [5.41, 5.74) is 4.46. The molecule has 0 aromatic heterocycles. The fourth-order valence-corrected chi connectivity index (χ4v) is 4.18. The van der Waals surface area contributed by atoms with E-state index in [0.29, 0.717) is 17.9 Å². The zero-order chi connectivity index (χ0) is 28.0. The number of hydrogen-bond acceptors (Lipinski definition) is 6. The summed E-state index contributed by atoms with van der Waals surface area (Å²) >= 11 is 0. The van der Waals surface area contributed by atoms with Crippen molar-refractivity contribution in [3.05, 3.63) is 83.1 Å². The average Bonchev–Trinajstić information content (AvgIpc) is 2.86. The quantitative estimate of drug-likeness (QED) is 0.275. The van der Waals surface area contributed by atoms with Crippen LogP contribution in [0.4, 0.5) is 13.2 Å². The summed E-state index contributed by atoms with van der Waals surface area (Å²) < 4.78 is 68.4. The monoisotopic (exact) mass is 557 g/mol. The molecule has 0 heterocycles. The molecule has 0 radical (unpaired) electrons. The van der Waals surface area contributed by atoms with Gasteiger partial charge >= 0.3 is 14.0 Å². The maximum atomic E-state index is 13.9. The first-order chi connectivity index (χ1) is 17.8. The van der Waals surface area contributed by atoms with Gasteiger partial charge in [-0.05, 0) is 72.7 Å². The predicted molar refractivity (Wildman–Crippen MR) is 134 cm³/mol. The van der Waals surface area contributed by atoms with Crippen LogP contribution in [-0.4, -0.2) is 40.3 Å². The second kappa shape index (κ2) is 12.5. The Bertz CT molecular complexity index is 1200. The van der Waals surface area contributed by atoms with E-state index in [0.717, 1.165) is 11.6 Å². The fraction of sp³-hybridized carbons (Fsp3) is 0.385. The normalized spacial score (nSPS) is 17.8. The number of phosphoric ester groups is 1. The summed E-state index contributed by atoms with van der Waals surface area (Å²) in [5, 5.41) is 9.53. The summed E-state index contributed by atoms with van der Waals surface area (Å²) in [4.78, 5) is 17.7. The lowest BCUT2D eigenvalue weighted by Gasteiger charge is -2.27. The number of aliphatic hydroxyl groups excluding tert-OH is 1. The van der Waals surface area contributed by atoms with Crippen LogP contribution in [0.2, 0.25) is 0 Å². The molecule has 2 unspecified atom stereocenters. The predicted octanol–water partition coefficient (Wildman–Crippen LogP) is 4.75. The van der Waals surface area contributed by atoms with Gasteiger partial charge in [0.15, 0.2) is 0 Å². The third-order valence-corrected chi connectivity index (χ3v) is 6.57. The second-order valence-electron chi connectivity index (χ2n) is 9.28. The van der Waals surface area contributed by atoms with Crippen LogP contribution in [0.3, 0.4) is 0 Å². The van der Waals surface area contributed by atoms with Crippen molar-refractivity contribution >= 4 is 7.82 Å². The van der Waals surface area contributed by atoms with E-state index in [9.17, 15) is 22.8 Å². The zero-order valence-electron chi connectivity index (χ0n) is 20.7. The zero-order valence-corrected chi connectivity index (χ0v) is 21.6. The number of nitrogens with two attached hydrogens (primary N) is 1. The number of rotatable bonds is 12. The van der Waals surface area contributed by atoms with Crippen LogP contribution in [0.25, 0.3) is 0 Å². The number of phosphoric acid groups is 1. The number of aliphatic hydroxyl groups is 1. The molecule has 0 spiro atoms. The number of allylic oxidation sites excluding steroid dienone is 2. The van der Waals surface area contributed by atoms with Crippen molar-refractivity contribution in [2.75, 3.05) is 19.8 Å². The van der Waals surface area contributed by atoms with E-state index in [4.69, 9.17) is 25.0 Å². The van der Waals surface area contributed by atoms with E-state index < -0.39 is 38.3 Å². The highest BCUT2D eigenvalue weighted by atomic mass is 31.2. The third-order valence-electron chi connectivity index (χ3n) is 6.10. The van der Waals surface area contributed by atoms with Gasteiger partial charge in [0.05, 0.1) is 24.3 Å². The maximum absolute atomic E-state index is 13.9. The molecular weight excluding hydrogens is 526 g/mol. The van der Waals surface area contributed by atoms with Crippen molar-refractivity contribution in [1.82, 2.24) is 0 Å². The van der Waals surface area contributed by atoms with Crippen molar-refractivity contribution < 1.29 is 46.6 Å². The fourth-order valence-electron chi connectivity index (χ4n) is 3.75. The summed E-state index contributed by atoms with van der Waals surface area (Å²) in [6.45, 7) is 0.543. The van der Waals surface area contributed by atoms with E-state index in [-0.39, 0.29) is 36.7 Å². The minimum absolute atomic E-state index is 0.00188. The van der Waals surface area contributed by atoms with E-state index >= 15 is 0 Å². The molecule has 8 nitrogen and oxygen atoms in total. The molecule has 0 saturated carbocycles. The summed E-state index contributed by atoms with van der Waals surface area (Å²) in [5.74, 6) is 0.964. The molecule has 5 N–H and O–H groups in total. The van der Waals surface area contributed by atoms with Crippen molar-refractivity contribution in [1.29, 1.82) is 0 Å². The molecule has 38 heavy (non-hydrogen) atoms. The van der Waals surface area contributed by atoms with Gasteiger partial charge in [0.2, 0.25) is 0 Å². The summed E-state index contributed by atoms with van der Waals surface area (Å²) in [7, 11) is -4.83. The summed E-state index contributed by atoms with van der Waals surface area (Å²) in [6.07, 6.45) is -0.427. The van der Waals surface area contributed by atoms with Gasteiger partial charge in [-0.15, -0.1) is 0 Å². The minimum atomic E-state index is -4.83. The van der Waals surface area contributed by atoms with Crippen molar-refractivity contribution in [3.8, 4) is 11.5 Å². The molecular formula is C26H31F3NO7P. The lowest BCUT2D eigenvalue weighted by molar-refractivity contribution is -0.138. The van der Waals surface area contributed by atoms with Crippen molar-refractivity contribution in [2.45, 2.75) is 37.9 Å². The van der Waals surface area contributed by atoms with Crippen LogP contribution in [0.15, 0.2) is 72.0 Å². The van der Waals surface area contributed by atoms with Gasteiger partial charge in [0, 0.05) is 0 Å². The van der Waals surface area contributed by atoms with Crippen LogP contribution in [0.5, 0.6) is 11.5 Å². The van der Waals surface area contributed by atoms with Crippen molar-refractivity contribution in [2.24, 2.45) is 11.7 Å². The van der Waals surface area contributed by atoms with Crippen LogP contribution in [-0.2, 0) is 21.7 Å². The average molecular weight is 558 g/mol. The highest BCUT2D eigenvalue weighted by Gasteiger charge is 2.35. The van der Waals surface area contributed by atoms with Crippen LogP contribution < -0.4 is 15.2 Å². The van der Waals surface area contributed by atoms with Crippen LogP contribution >= 0.6 is 7.82 Å². The SMILES string of the molecule is CC1CC=C(Oc2ccccc2)C=C1COc1ccc(CCC(N)(CO)COP(=O)(O)O)cc1C(F)(F)F. The van der Waals surface area contributed by atoms with Gasteiger partial charge in [0.1, 0.15) is 23.9 Å². The summed E-state index contributed by atoms with van der Waals surface area (Å²) in [6, 6.07) is 12.8. The highest BCUT2D eigenvalue weighted by molar-refractivity contribution is 7.46. The largest absolute Gasteiger partial charge is 0.489 e. The van der Waals surface area contributed by atoms with Crippen LogP contribution in [0.1, 0.15) is 30.9 Å². The van der Waals surface area contributed by atoms with E-state index in [1.54, 1.807) is 18.2 Å². The highest BCUT2D eigenvalue weighted by Crippen LogP contribution is 2.39. The van der Waals surface area contributed by atoms with E-state index in [1.807, 2.05) is 31.2 Å². The molecule has 0 amide bonds. The number of hydrogen-bond donors (Lipinski definition) is 4. The first-order valence-corrected chi connectivity index (χ1v) is 13.4.